The fourth-order valence-electron chi connectivity index (χ4n) is 2.92. The van der Waals surface area contributed by atoms with Crippen LogP contribution in [-0.4, -0.2) is 23.1 Å². The first kappa shape index (κ1) is 18.0. The van der Waals surface area contributed by atoms with E-state index in [2.05, 4.69) is 16.9 Å². The highest BCUT2D eigenvalue weighted by Crippen LogP contribution is 2.37. The van der Waals surface area contributed by atoms with Crippen molar-refractivity contribution in [3.05, 3.63) is 71.4 Å². The quantitative estimate of drug-likeness (QED) is 0.868. The van der Waals surface area contributed by atoms with E-state index in [0.717, 1.165) is 11.1 Å². The largest absolute Gasteiger partial charge is 0.491 e. The van der Waals surface area contributed by atoms with E-state index >= 15 is 0 Å². The molecular weight excluding hydrogens is 328 g/mol. The number of carbonyl (C=O) groups is 1. The maximum atomic E-state index is 12.9. The summed E-state index contributed by atoms with van der Waals surface area (Å²) in [5, 5.41) is 2.86. The van der Waals surface area contributed by atoms with Crippen LogP contribution in [0.25, 0.3) is 0 Å². The van der Waals surface area contributed by atoms with Crippen molar-refractivity contribution in [3.63, 3.8) is 0 Å². The van der Waals surface area contributed by atoms with Crippen molar-refractivity contribution in [3.8, 4) is 0 Å². The second-order valence-electron chi connectivity index (χ2n) is 6.93. The Kier molecular flexibility index (Phi) is 4.98. The summed E-state index contributed by atoms with van der Waals surface area (Å²) in [5.74, 6) is 1.49. The fourth-order valence-corrected chi connectivity index (χ4v) is 2.92. The van der Waals surface area contributed by atoms with Gasteiger partial charge in [0.15, 0.2) is 0 Å². The minimum Gasteiger partial charge on any atom is -0.491 e. The number of pyridine rings is 1. The first-order valence-corrected chi connectivity index (χ1v) is 8.72. The Morgan fingerprint density at radius 3 is 2.73 bits per heavy atom. The Balaban J connectivity index is 1.88. The van der Waals surface area contributed by atoms with Crippen LogP contribution in [0.15, 0.2) is 65.8 Å². The minimum atomic E-state index is -0.271. The summed E-state index contributed by atoms with van der Waals surface area (Å²) in [4.78, 5) is 17.1. The molecule has 5 nitrogen and oxygen atoms in total. The van der Waals surface area contributed by atoms with Crippen LogP contribution in [0.4, 0.5) is 5.82 Å². The van der Waals surface area contributed by atoms with Crippen molar-refractivity contribution in [2.24, 2.45) is 5.92 Å². The number of hydrogen-bond donors (Lipinski definition) is 1. The van der Waals surface area contributed by atoms with Gasteiger partial charge in [0, 0.05) is 11.8 Å². The topological polar surface area (TPSA) is 60.5 Å². The Hall–Kier alpha value is -2.82. The van der Waals surface area contributed by atoms with Gasteiger partial charge in [0.2, 0.25) is 0 Å². The third kappa shape index (κ3) is 3.87. The second kappa shape index (κ2) is 7.20. The average Bonchev–Trinajstić information content (AvgIpc) is 3.00. The number of anilines is 1. The zero-order chi connectivity index (χ0) is 18.8. The SMILES string of the molecule is C=C(C)C1=CC2C(C(=O)Nc3ccc(C)cn3)=CC(OC(C)C)=CC2O1. The highest BCUT2D eigenvalue weighted by molar-refractivity contribution is 6.04. The molecule has 1 aliphatic carbocycles. The van der Waals surface area contributed by atoms with E-state index in [-0.39, 0.29) is 24.0 Å². The second-order valence-corrected chi connectivity index (χ2v) is 6.93. The summed E-state index contributed by atoms with van der Waals surface area (Å²) in [6.07, 6.45) is 7.10. The van der Waals surface area contributed by atoms with E-state index < -0.39 is 0 Å². The Bertz CT molecular complexity index is 816. The number of hydrogen-bond acceptors (Lipinski definition) is 4. The molecule has 2 heterocycles. The van der Waals surface area contributed by atoms with Gasteiger partial charge in [-0.15, -0.1) is 0 Å². The molecule has 136 valence electrons. The van der Waals surface area contributed by atoms with Crippen LogP contribution in [0, 0.1) is 12.8 Å². The standard InChI is InChI=1S/C21H24N2O3/c1-12(2)18-10-16-17(8-15(25-13(3)4)9-19(16)26-18)21(24)23-20-7-6-14(5)11-22-20/h6-11,13,16,19H,1H2,2-5H3,(H,22,23,24). The molecular formula is C21H24N2O3. The molecule has 5 heteroatoms. The van der Waals surface area contributed by atoms with Crippen molar-refractivity contribution in [2.45, 2.75) is 39.9 Å². The van der Waals surface area contributed by atoms with Crippen molar-refractivity contribution in [1.29, 1.82) is 0 Å². The van der Waals surface area contributed by atoms with E-state index in [9.17, 15) is 4.79 Å². The van der Waals surface area contributed by atoms with E-state index in [1.165, 1.54) is 0 Å². The Morgan fingerprint density at radius 2 is 2.12 bits per heavy atom. The summed E-state index contributed by atoms with van der Waals surface area (Å²) in [6, 6.07) is 3.70. The zero-order valence-electron chi connectivity index (χ0n) is 15.6. The number of aromatic nitrogens is 1. The number of nitrogens with zero attached hydrogens (tertiary/aromatic N) is 1. The molecule has 2 aliphatic rings. The zero-order valence-corrected chi connectivity index (χ0v) is 15.6. The van der Waals surface area contributed by atoms with Gasteiger partial charge in [0.25, 0.3) is 5.91 Å². The highest BCUT2D eigenvalue weighted by atomic mass is 16.5. The average molecular weight is 352 g/mol. The molecule has 0 aromatic carbocycles. The predicted octanol–water partition coefficient (Wildman–Crippen LogP) is 4.05. The van der Waals surface area contributed by atoms with Gasteiger partial charge < -0.3 is 14.8 Å². The molecule has 1 amide bonds. The summed E-state index contributed by atoms with van der Waals surface area (Å²) < 4.78 is 11.8. The van der Waals surface area contributed by atoms with Crippen LogP contribution in [0.3, 0.4) is 0 Å². The molecule has 0 saturated heterocycles. The molecule has 0 fully saturated rings. The van der Waals surface area contributed by atoms with Crippen molar-refractivity contribution < 1.29 is 14.3 Å². The van der Waals surface area contributed by atoms with Gasteiger partial charge in [-0.05, 0) is 63.1 Å². The number of aryl methyl sites for hydroxylation is 1. The molecule has 1 aromatic heterocycles. The summed E-state index contributed by atoms with van der Waals surface area (Å²) in [7, 11) is 0. The molecule has 1 N–H and O–H groups in total. The van der Waals surface area contributed by atoms with Gasteiger partial charge in [-0.25, -0.2) is 4.98 Å². The Labute approximate surface area is 154 Å². The summed E-state index contributed by atoms with van der Waals surface area (Å²) in [6.45, 7) is 11.7. The van der Waals surface area contributed by atoms with Crippen LogP contribution >= 0.6 is 0 Å². The maximum absolute atomic E-state index is 12.9. The summed E-state index contributed by atoms with van der Waals surface area (Å²) in [5.41, 5.74) is 2.46. The third-order valence-electron chi connectivity index (χ3n) is 4.14. The van der Waals surface area contributed by atoms with Gasteiger partial charge in [-0.3, -0.25) is 4.79 Å². The lowest BCUT2D eigenvalue weighted by molar-refractivity contribution is -0.113. The first-order chi connectivity index (χ1) is 12.3. The molecule has 0 bridgehead atoms. The van der Waals surface area contributed by atoms with Gasteiger partial charge in [0.1, 0.15) is 23.4 Å². The maximum Gasteiger partial charge on any atom is 0.253 e. The van der Waals surface area contributed by atoms with Crippen LogP contribution in [0.5, 0.6) is 0 Å². The molecule has 0 spiro atoms. The van der Waals surface area contributed by atoms with Crippen molar-refractivity contribution >= 4 is 11.7 Å². The monoisotopic (exact) mass is 352 g/mol. The number of nitrogens with one attached hydrogen (secondary N) is 1. The number of amides is 1. The van der Waals surface area contributed by atoms with Crippen LogP contribution in [0.2, 0.25) is 0 Å². The molecule has 0 radical (unpaired) electrons. The molecule has 2 atom stereocenters. The molecule has 1 aliphatic heterocycles. The molecule has 1 aromatic rings. The highest BCUT2D eigenvalue weighted by Gasteiger charge is 2.37. The minimum absolute atomic E-state index is 0.00657. The molecule has 0 saturated carbocycles. The van der Waals surface area contributed by atoms with E-state index in [1.807, 2.05) is 45.9 Å². The van der Waals surface area contributed by atoms with Gasteiger partial charge in [-0.2, -0.15) is 0 Å². The van der Waals surface area contributed by atoms with Crippen LogP contribution in [-0.2, 0) is 14.3 Å². The fraction of sp³-hybridized carbons (Fsp3) is 0.333. The third-order valence-corrected chi connectivity index (χ3v) is 4.14. The van der Waals surface area contributed by atoms with E-state index in [0.29, 0.717) is 22.9 Å². The van der Waals surface area contributed by atoms with Crippen molar-refractivity contribution in [2.75, 3.05) is 5.32 Å². The van der Waals surface area contributed by atoms with E-state index in [4.69, 9.17) is 9.47 Å². The smallest absolute Gasteiger partial charge is 0.253 e. The molecule has 2 unspecified atom stereocenters. The Morgan fingerprint density at radius 1 is 1.35 bits per heavy atom. The van der Waals surface area contributed by atoms with Gasteiger partial charge >= 0.3 is 0 Å². The van der Waals surface area contributed by atoms with Crippen LogP contribution < -0.4 is 5.32 Å². The van der Waals surface area contributed by atoms with E-state index in [1.54, 1.807) is 18.3 Å². The first-order valence-electron chi connectivity index (χ1n) is 8.72. The lowest BCUT2D eigenvalue weighted by atomic mass is 9.88. The van der Waals surface area contributed by atoms with Crippen LogP contribution in [0.1, 0.15) is 26.3 Å². The number of fused-ring (bicyclic) bond motifs is 1. The normalized spacial score (nSPS) is 21.2. The number of carbonyl (C=O) groups excluding carboxylic acids is 1. The molecule has 3 rings (SSSR count). The van der Waals surface area contributed by atoms with Gasteiger partial charge in [-0.1, -0.05) is 12.6 Å². The predicted molar refractivity (Wildman–Crippen MR) is 101 cm³/mol. The lowest BCUT2D eigenvalue weighted by Crippen LogP contribution is -2.29. The number of allylic oxidation sites excluding steroid dienone is 2. The lowest BCUT2D eigenvalue weighted by Gasteiger charge is -2.25. The number of ether oxygens (including phenoxy) is 2. The number of rotatable bonds is 5. The van der Waals surface area contributed by atoms with Crippen molar-refractivity contribution in [1.82, 2.24) is 4.98 Å². The molecule has 26 heavy (non-hydrogen) atoms. The summed E-state index contributed by atoms with van der Waals surface area (Å²) >= 11 is 0. The van der Waals surface area contributed by atoms with Gasteiger partial charge in [0.05, 0.1) is 12.0 Å².